The molecule has 0 radical (unpaired) electrons. The van der Waals surface area contributed by atoms with Crippen molar-refractivity contribution in [1.82, 2.24) is 0 Å². The van der Waals surface area contributed by atoms with Crippen molar-refractivity contribution in [2.45, 2.75) is 56.3 Å². The average Bonchev–Trinajstić information content (AvgIpc) is 2.77. The molecule has 0 aliphatic carbocycles. The molecule has 1 aromatic rings. The van der Waals surface area contributed by atoms with Gasteiger partial charge >= 0.3 is 11.9 Å². The topological polar surface area (TPSA) is 233 Å². The lowest BCUT2D eigenvalue weighted by Gasteiger charge is -2.42. The summed E-state index contributed by atoms with van der Waals surface area (Å²) in [6.45, 7) is 0.198. The molecule has 1 heterocycles. The Morgan fingerprint density at radius 1 is 1.06 bits per heavy atom. The van der Waals surface area contributed by atoms with Crippen molar-refractivity contribution in [2.24, 2.45) is 0 Å². The zero-order chi connectivity index (χ0) is 25.8. The number of ether oxygens (including phenoxy) is 4. The van der Waals surface area contributed by atoms with Gasteiger partial charge in [0.05, 0.1) is 12.2 Å². The van der Waals surface area contributed by atoms with Crippen LogP contribution in [0.1, 0.15) is 24.2 Å². The molecular weight excluding hydrogens is 464 g/mol. The number of hydrogen-bond acceptors (Lipinski definition) is 14. The van der Waals surface area contributed by atoms with Gasteiger partial charge in [0.1, 0.15) is 49.3 Å². The van der Waals surface area contributed by atoms with Crippen molar-refractivity contribution >= 4 is 11.9 Å². The Labute approximate surface area is 193 Å². The standard InChI is InChI=1S/C20H28O14/c1-8(22)32-7-20(2,30)13(5-21)34-19-17(28)16(27)15(26)12(33-19)6-31-18(29)9-3-10(23)14(25)11(24)4-9/h3-4,12-13,15-17,19,21,23-28,30H,5-7H2,1-2H3/t12-,13-,15-,16+,17-,19+,20+/m1/s1. The zero-order valence-electron chi connectivity index (χ0n) is 18.3. The van der Waals surface area contributed by atoms with Gasteiger partial charge in [-0.25, -0.2) is 4.79 Å². The molecule has 14 nitrogen and oxygen atoms in total. The molecule has 0 spiro atoms. The van der Waals surface area contributed by atoms with Gasteiger partial charge in [-0.3, -0.25) is 4.79 Å². The Hall–Kier alpha value is -2.72. The second kappa shape index (κ2) is 11.1. The van der Waals surface area contributed by atoms with Crippen LogP contribution in [0, 0.1) is 0 Å². The molecule has 1 aromatic carbocycles. The van der Waals surface area contributed by atoms with E-state index in [-0.39, 0.29) is 5.56 Å². The molecule has 1 saturated heterocycles. The van der Waals surface area contributed by atoms with Gasteiger partial charge in [-0.1, -0.05) is 0 Å². The minimum Gasteiger partial charge on any atom is -0.504 e. The highest BCUT2D eigenvalue weighted by molar-refractivity contribution is 5.91. The predicted octanol–water partition coefficient (Wildman–Crippen LogP) is -2.54. The number of aromatic hydroxyl groups is 3. The van der Waals surface area contributed by atoms with Crippen molar-refractivity contribution in [1.29, 1.82) is 0 Å². The molecule has 0 amide bonds. The fourth-order valence-corrected chi connectivity index (χ4v) is 3.02. The van der Waals surface area contributed by atoms with Gasteiger partial charge in [0.15, 0.2) is 23.5 Å². The van der Waals surface area contributed by atoms with Crippen LogP contribution >= 0.6 is 0 Å². The maximum absolute atomic E-state index is 12.2. The SMILES string of the molecule is CC(=O)OC[C@](C)(O)[C@@H](CO)O[C@@H]1O[C@H](COC(=O)c2cc(O)c(O)c(O)c2)[C@@H](O)[C@H](O)[C@H]1O. The first-order valence-electron chi connectivity index (χ1n) is 10.0. The summed E-state index contributed by atoms with van der Waals surface area (Å²) in [5, 5.41) is 78.9. The molecule has 1 fully saturated rings. The molecule has 0 saturated carbocycles. The Morgan fingerprint density at radius 3 is 2.18 bits per heavy atom. The fraction of sp³-hybridized carbons (Fsp3) is 0.600. The van der Waals surface area contributed by atoms with E-state index in [0.29, 0.717) is 0 Å². The number of phenolic OH excluding ortho intramolecular Hbond substituents is 3. The lowest BCUT2D eigenvalue weighted by Crippen LogP contribution is -2.61. The van der Waals surface area contributed by atoms with E-state index in [9.17, 15) is 50.4 Å². The predicted molar refractivity (Wildman–Crippen MR) is 108 cm³/mol. The quantitative estimate of drug-likeness (QED) is 0.131. The van der Waals surface area contributed by atoms with Gasteiger partial charge in [-0.2, -0.15) is 0 Å². The number of carbonyl (C=O) groups excluding carboxylic acids is 2. The molecule has 0 bridgehead atoms. The maximum Gasteiger partial charge on any atom is 0.338 e. The number of benzene rings is 1. The van der Waals surface area contributed by atoms with Crippen LogP contribution < -0.4 is 0 Å². The molecule has 2 rings (SSSR count). The maximum atomic E-state index is 12.2. The summed E-state index contributed by atoms with van der Waals surface area (Å²) in [6.07, 6.45) is -10.1. The third kappa shape index (κ3) is 6.44. The summed E-state index contributed by atoms with van der Waals surface area (Å²) in [4.78, 5) is 23.2. The van der Waals surface area contributed by atoms with Gasteiger partial charge in [0.2, 0.25) is 0 Å². The number of aliphatic hydroxyl groups excluding tert-OH is 4. The van der Waals surface area contributed by atoms with E-state index >= 15 is 0 Å². The van der Waals surface area contributed by atoms with Crippen LogP contribution in [0.2, 0.25) is 0 Å². The van der Waals surface area contributed by atoms with E-state index in [2.05, 4.69) is 0 Å². The highest BCUT2D eigenvalue weighted by atomic mass is 16.7. The van der Waals surface area contributed by atoms with E-state index in [1.165, 1.54) is 6.92 Å². The molecule has 1 aliphatic rings. The number of rotatable bonds is 9. The normalized spacial score (nSPS) is 27.4. The summed E-state index contributed by atoms with van der Waals surface area (Å²) in [7, 11) is 0. The number of aliphatic hydroxyl groups is 5. The number of hydrogen-bond donors (Lipinski definition) is 8. The Balaban J connectivity index is 2.09. The van der Waals surface area contributed by atoms with Crippen molar-refractivity contribution in [2.75, 3.05) is 19.8 Å². The van der Waals surface area contributed by atoms with E-state index in [4.69, 9.17) is 18.9 Å². The van der Waals surface area contributed by atoms with Crippen LogP contribution in [-0.4, -0.2) is 115 Å². The van der Waals surface area contributed by atoms with Gasteiger partial charge in [-0.15, -0.1) is 0 Å². The Kier molecular flexibility index (Phi) is 9.02. The molecule has 1 aliphatic heterocycles. The van der Waals surface area contributed by atoms with Crippen molar-refractivity contribution in [3.8, 4) is 17.2 Å². The second-order valence-corrected chi connectivity index (χ2v) is 7.92. The highest BCUT2D eigenvalue weighted by Gasteiger charge is 2.47. The first-order chi connectivity index (χ1) is 15.8. The number of phenols is 3. The zero-order valence-corrected chi connectivity index (χ0v) is 18.3. The van der Waals surface area contributed by atoms with Crippen LogP contribution in [0.25, 0.3) is 0 Å². The Morgan fingerprint density at radius 2 is 1.65 bits per heavy atom. The summed E-state index contributed by atoms with van der Waals surface area (Å²) in [5.41, 5.74) is -2.29. The van der Waals surface area contributed by atoms with E-state index in [1.807, 2.05) is 0 Å². The van der Waals surface area contributed by atoms with Crippen LogP contribution in [-0.2, 0) is 23.7 Å². The van der Waals surface area contributed by atoms with Gasteiger partial charge < -0.3 is 59.8 Å². The highest BCUT2D eigenvalue weighted by Crippen LogP contribution is 2.35. The summed E-state index contributed by atoms with van der Waals surface area (Å²) < 4.78 is 20.4. The first-order valence-corrected chi connectivity index (χ1v) is 10.0. The van der Waals surface area contributed by atoms with Crippen molar-refractivity contribution in [3.05, 3.63) is 17.7 Å². The summed E-state index contributed by atoms with van der Waals surface area (Å²) >= 11 is 0. The molecule has 7 atom stereocenters. The third-order valence-electron chi connectivity index (χ3n) is 5.08. The van der Waals surface area contributed by atoms with E-state index < -0.39 is 91.4 Å². The monoisotopic (exact) mass is 492 g/mol. The lowest BCUT2D eigenvalue weighted by atomic mass is 9.98. The molecule has 8 N–H and O–H groups in total. The fourth-order valence-electron chi connectivity index (χ4n) is 3.02. The molecule has 34 heavy (non-hydrogen) atoms. The van der Waals surface area contributed by atoms with Crippen molar-refractivity contribution < 1.29 is 69.4 Å². The minimum atomic E-state index is -1.94. The Bertz CT molecular complexity index is 848. The molecular formula is C20H28O14. The molecule has 0 aromatic heterocycles. The molecule has 0 unspecified atom stereocenters. The van der Waals surface area contributed by atoms with Crippen LogP contribution in [0.15, 0.2) is 12.1 Å². The second-order valence-electron chi connectivity index (χ2n) is 7.92. The largest absolute Gasteiger partial charge is 0.504 e. The summed E-state index contributed by atoms with van der Waals surface area (Å²) in [6, 6.07) is 1.63. The van der Waals surface area contributed by atoms with Crippen molar-refractivity contribution in [3.63, 3.8) is 0 Å². The number of carbonyl (C=O) groups is 2. The van der Waals surface area contributed by atoms with E-state index in [0.717, 1.165) is 19.1 Å². The minimum absolute atomic E-state index is 0.353. The first kappa shape index (κ1) is 27.5. The lowest BCUT2D eigenvalue weighted by molar-refractivity contribution is -0.326. The van der Waals surface area contributed by atoms with E-state index in [1.54, 1.807) is 0 Å². The van der Waals surface area contributed by atoms with Gasteiger partial charge in [-0.05, 0) is 19.1 Å². The molecule has 192 valence electrons. The smallest absolute Gasteiger partial charge is 0.338 e. The van der Waals surface area contributed by atoms with Crippen LogP contribution in [0.4, 0.5) is 0 Å². The van der Waals surface area contributed by atoms with Crippen LogP contribution in [0.3, 0.4) is 0 Å². The van der Waals surface area contributed by atoms with Gasteiger partial charge in [0.25, 0.3) is 0 Å². The summed E-state index contributed by atoms with van der Waals surface area (Å²) in [5.74, 6) is -4.23. The third-order valence-corrected chi connectivity index (χ3v) is 5.08. The van der Waals surface area contributed by atoms with Crippen LogP contribution in [0.5, 0.6) is 17.2 Å². The molecule has 14 heteroatoms. The van der Waals surface area contributed by atoms with Gasteiger partial charge in [0, 0.05) is 6.92 Å². The number of esters is 2. The average molecular weight is 492 g/mol.